The summed E-state index contributed by atoms with van der Waals surface area (Å²) < 4.78 is 5.72. The first-order valence-electron chi connectivity index (χ1n) is 8.98. The Hall–Kier alpha value is -2.54. The van der Waals surface area contributed by atoms with Gasteiger partial charge in [0.15, 0.2) is 5.78 Å². The predicted molar refractivity (Wildman–Crippen MR) is 101 cm³/mol. The van der Waals surface area contributed by atoms with Crippen LogP contribution in [0.25, 0.3) is 0 Å². The van der Waals surface area contributed by atoms with Crippen molar-refractivity contribution in [2.24, 2.45) is 11.1 Å². The maximum Gasteiger partial charge on any atom is 0.205 e. The molecule has 0 spiro atoms. The molecule has 1 heterocycles. The fourth-order valence-electron chi connectivity index (χ4n) is 3.79. The number of nitrogens with zero attached hydrogens (tertiary/aromatic N) is 1. The van der Waals surface area contributed by atoms with Crippen molar-refractivity contribution in [1.29, 1.82) is 5.26 Å². The molecule has 2 N–H and O–H groups in total. The highest BCUT2D eigenvalue weighted by molar-refractivity contribution is 6.00. The SMILES string of the molecule is CC1(C)CC(=O)C2=C(C1)OC(N)=C(C#N)C2c1ccc(C(C)(C)C)cc1. The summed E-state index contributed by atoms with van der Waals surface area (Å²) in [6.45, 7) is 10.6. The van der Waals surface area contributed by atoms with Crippen LogP contribution < -0.4 is 5.73 Å². The number of carbonyl (C=O) groups is 1. The third-order valence-electron chi connectivity index (χ3n) is 5.19. The summed E-state index contributed by atoms with van der Waals surface area (Å²) in [5.74, 6) is 0.331. The van der Waals surface area contributed by atoms with Crippen molar-refractivity contribution in [1.82, 2.24) is 0 Å². The molecule has 2 aliphatic rings. The van der Waals surface area contributed by atoms with Gasteiger partial charge in [-0.25, -0.2) is 0 Å². The van der Waals surface area contributed by atoms with Gasteiger partial charge < -0.3 is 10.5 Å². The van der Waals surface area contributed by atoms with Crippen LogP contribution in [0.15, 0.2) is 47.1 Å². The number of allylic oxidation sites excluding steroid dienone is 3. The van der Waals surface area contributed by atoms with Gasteiger partial charge in [0.2, 0.25) is 5.88 Å². The lowest BCUT2D eigenvalue weighted by Crippen LogP contribution is -2.33. The standard InChI is InChI=1S/C22H26N2O2/c1-21(2,3)14-8-6-13(7-9-14)18-15(12-23)20(24)26-17-11-22(4,5)10-16(25)19(17)18/h6-9,18H,10-11,24H2,1-5H3. The van der Waals surface area contributed by atoms with E-state index < -0.39 is 5.92 Å². The number of ketones is 1. The second kappa shape index (κ2) is 6.02. The molecule has 0 fully saturated rings. The van der Waals surface area contributed by atoms with Gasteiger partial charge >= 0.3 is 0 Å². The minimum Gasteiger partial charge on any atom is -0.444 e. The summed E-state index contributed by atoms with van der Waals surface area (Å²) in [6.07, 6.45) is 1.09. The van der Waals surface area contributed by atoms with E-state index in [4.69, 9.17) is 10.5 Å². The zero-order valence-corrected chi connectivity index (χ0v) is 16.1. The minimum absolute atomic E-state index is 0.0379. The number of benzene rings is 1. The van der Waals surface area contributed by atoms with Crippen LogP contribution in [0.2, 0.25) is 0 Å². The van der Waals surface area contributed by atoms with Crippen LogP contribution in [0.1, 0.15) is 64.5 Å². The van der Waals surface area contributed by atoms with E-state index in [2.05, 4.69) is 39.0 Å². The molecular formula is C22H26N2O2. The monoisotopic (exact) mass is 350 g/mol. The average Bonchev–Trinajstić information content (AvgIpc) is 2.51. The van der Waals surface area contributed by atoms with Crippen LogP contribution in [0.5, 0.6) is 0 Å². The van der Waals surface area contributed by atoms with Crippen molar-refractivity contribution in [3.05, 3.63) is 58.2 Å². The van der Waals surface area contributed by atoms with Gasteiger partial charge in [0.1, 0.15) is 17.4 Å². The topological polar surface area (TPSA) is 76.1 Å². The van der Waals surface area contributed by atoms with Crippen LogP contribution in [-0.2, 0) is 14.9 Å². The Morgan fingerprint density at radius 2 is 1.81 bits per heavy atom. The largest absolute Gasteiger partial charge is 0.444 e. The van der Waals surface area contributed by atoms with Crippen molar-refractivity contribution in [2.75, 3.05) is 0 Å². The number of nitrogens with two attached hydrogens (primary N) is 1. The Morgan fingerprint density at radius 1 is 1.19 bits per heavy atom. The van der Waals surface area contributed by atoms with E-state index in [0.29, 0.717) is 29.7 Å². The molecule has 1 aromatic carbocycles. The van der Waals surface area contributed by atoms with Gasteiger partial charge in [0.25, 0.3) is 0 Å². The number of Topliss-reactive ketones (excluding diaryl/α,β-unsaturated/α-hetero) is 1. The van der Waals surface area contributed by atoms with Gasteiger partial charge in [-0.3, -0.25) is 4.79 Å². The first-order chi connectivity index (χ1) is 12.0. The molecule has 0 radical (unpaired) electrons. The predicted octanol–water partition coefficient (Wildman–Crippen LogP) is 4.43. The molecule has 1 aliphatic carbocycles. The highest BCUT2D eigenvalue weighted by atomic mass is 16.5. The number of nitriles is 1. The van der Waals surface area contributed by atoms with E-state index in [1.165, 1.54) is 5.56 Å². The molecular weight excluding hydrogens is 324 g/mol. The quantitative estimate of drug-likeness (QED) is 0.812. The lowest BCUT2D eigenvalue weighted by molar-refractivity contribution is -0.119. The van der Waals surface area contributed by atoms with Gasteiger partial charge in [0, 0.05) is 18.4 Å². The van der Waals surface area contributed by atoms with E-state index in [9.17, 15) is 10.1 Å². The average molecular weight is 350 g/mol. The molecule has 0 aromatic heterocycles. The number of carbonyl (C=O) groups excluding carboxylic acids is 1. The van der Waals surface area contributed by atoms with Gasteiger partial charge in [-0.2, -0.15) is 5.26 Å². The Labute approximate surface area is 155 Å². The Morgan fingerprint density at radius 3 is 2.35 bits per heavy atom. The van der Waals surface area contributed by atoms with Crippen molar-refractivity contribution >= 4 is 5.78 Å². The molecule has 1 aromatic rings. The van der Waals surface area contributed by atoms with Crippen LogP contribution in [0.4, 0.5) is 0 Å². The molecule has 1 unspecified atom stereocenters. The molecule has 0 amide bonds. The molecule has 136 valence electrons. The Balaban J connectivity index is 2.12. The molecule has 3 rings (SSSR count). The zero-order chi connectivity index (χ0) is 19.3. The van der Waals surface area contributed by atoms with Gasteiger partial charge in [-0.1, -0.05) is 58.9 Å². The number of hydrogen-bond acceptors (Lipinski definition) is 4. The number of hydrogen-bond donors (Lipinski definition) is 1. The molecule has 4 nitrogen and oxygen atoms in total. The van der Waals surface area contributed by atoms with E-state index in [1.807, 2.05) is 26.0 Å². The maximum absolute atomic E-state index is 12.9. The second-order valence-electron chi connectivity index (χ2n) is 9.07. The smallest absolute Gasteiger partial charge is 0.205 e. The zero-order valence-electron chi connectivity index (χ0n) is 16.1. The van der Waals surface area contributed by atoms with Crippen molar-refractivity contribution in [3.63, 3.8) is 0 Å². The first kappa shape index (κ1) is 18.3. The van der Waals surface area contributed by atoms with E-state index in [1.54, 1.807) is 0 Å². The van der Waals surface area contributed by atoms with Crippen LogP contribution in [0.3, 0.4) is 0 Å². The van der Waals surface area contributed by atoms with Gasteiger partial charge in [-0.15, -0.1) is 0 Å². The molecule has 1 aliphatic heterocycles. The summed E-state index contributed by atoms with van der Waals surface area (Å²) in [4.78, 5) is 12.9. The summed E-state index contributed by atoms with van der Waals surface area (Å²) >= 11 is 0. The van der Waals surface area contributed by atoms with E-state index in [-0.39, 0.29) is 22.5 Å². The summed E-state index contributed by atoms with van der Waals surface area (Å²) in [5.41, 5.74) is 8.94. The van der Waals surface area contributed by atoms with E-state index in [0.717, 1.165) is 5.56 Å². The second-order valence-corrected chi connectivity index (χ2v) is 9.07. The normalized spacial score (nSPS) is 22.6. The van der Waals surface area contributed by atoms with E-state index >= 15 is 0 Å². The van der Waals surface area contributed by atoms with Crippen molar-refractivity contribution < 1.29 is 9.53 Å². The number of ether oxygens (including phenoxy) is 1. The summed E-state index contributed by atoms with van der Waals surface area (Å²) in [6, 6.07) is 10.3. The van der Waals surface area contributed by atoms with Crippen molar-refractivity contribution in [2.45, 2.75) is 58.8 Å². The lowest BCUT2D eigenvalue weighted by Gasteiger charge is -2.37. The highest BCUT2D eigenvalue weighted by Gasteiger charge is 2.42. The fraction of sp³-hybridized carbons (Fsp3) is 0.455. The highest BCUT2D eigenvalue weighted by Crippen LogP contribution is 2.47. The van der Waals surface area contributed by atoms with Crippen LogP contribution >= 0.6 is 0 Å². The lowest BCUT2D eigenvalue weighted by atomic mass is 9.70. The Bertz CT molecular complexity index is 859. The maximum atomic E-state index is 12.9. The summed E-state index contributed by atoms with van der Waals surface area (Å²) in [7, 11) is 0. The first-order valence-corrected chi connectivity index (χ1v) is 8.98. The molecule has 0 saturated carbocycles. The van der Waals surface area contributed by atoms with Crippen molar-refractivity contribution in [3.8, 4) is 6.07 Å². The van der Waals surface area contributed by atoms with Gasteiger partial charge in [0.05, 0.1) is 5.92 Å². The van der Waals surface area contributed by atoms with Gasteiger partial charge in [-0.05, 0) is 22.0 Å². The molecule has 0 saturated heterocycles. The molecule has 26 heavy (non-hydrogen) atoms. The van der Waals surface area contributed by atoms with Crippen LogP contribution in [-0.4, -0.2) is 5.78 Å². The molecule has 4 heteroatoms. The third-order valence-corrected chi connectivity index (χ3v) is 5.19. The molecule has 0 bridgehead atoms. The Kier molecular flexibility index (Phi) is 4.23. The third kappa shape index (κ3) is 3.14. The minimum atomic E-state index is -0.443. The van der Waals surface area contributed by atoms with Crippen LogP contribution in [0, 0.1) is 16.7 Å². The molecule has 1 atom stereocenters. The summed E-state index contributed by atoms with van der Waals surface area (Å²) in [5, 5.41) is 9.65. The fourth-order valence-corrected chi connectivity index (χ4v) is 3.79. The number of rotatable bonds is 1.